The highest BCUT2D eigenvalue weighted by Gasteiger charge is 2.37. The second kappa shape index (κ2) is 6.39. The van der Waals surface area contributed by atoms with Crippen LogP contribution in [-0.2, 0) is 5.54 Å². The van der Waals surface area contributed by atoms with E-state index in [9.17, 15) is 0 Å². The van der Waals surface area contributed by atoms with Gasteiger partial charge in [0.1, 0.15) is 5.75 Å². The Morgan fingerprint density at radius 2 is 1.71 bits per heavy atom. The van der Waals surface area contributed by atoms with Crippen molar-refractivity contribution in [2.45, 2.75) is 65.3 Å². The topological polar surface area (TPSA) is 35.2 Å². The van der Waals surface area contributed by atoms with Gasteiger partial charge in [0.15, 0.2) is 0 Å². The largest absolute Gasteiger partial charge is 0.494 e. The molecule has 21 heavy (non-hydrogen) atoms. The quantitative estimate of drug-likeness (QED) is 0.858. The van der Waals surface area contributed by atoms with Gasteiger partial charge in [-0.3, -0.25) is 0 Å². The van der Waals surface area contributed by atoms with Crippen LogP contribution < -0.4 is 10.5 Å². The maximum Gasteiger partial charge on any atom is 0.119 e. The van der Waals surface area contributed by atoms with Gasteiger partial charge in [0.2, 0.25) is 0 Å². The molecule has 0 aliphatic heterocycles. The standard InChI is InChI=1S/C19H31NO/c1-5-14-21-17-8-6-16(7-9-17)19(20)12-10-15(11-13-19)18(2,3)4/h6-9,15H,5,10-14,20H2,1-4H3. The number of hydrogen-bond donors (Lipinski definition) is 1. The van der Waals surface area contributed by atoms with Crippen LogP contribution in [0.2, 0.25) is 0 Å². The fourth-order valence-corrected chi connectivity index (χ4v) is 3.39. The summed E-state index contributed by atoms with van der Waals surface area (Å²) in [7, 11) is 0. The number of benzene rings is 1. The van der Waals surface area contributed by atoms with Gasteiger partial charge in [-0.25, -0.2) is 0 Å². The zero-order valence-corrected chi connectivity index (χ0v) is 14.1. The number of ether oxygens (including phenoxy) is 1. The summed E-state index contributed by atoms with van der Waals surface area (Å²) in [4.78, 5) is 0. The maximum atomic E-state index is 6.70. The fraction of sp³-hybridized carbons (Fsp3) is 0.684. The van der Waals surface area contributed by atoms with Crippen LogP contribution in [0.5, 0.6) is 5.75 Å². The summed E-state index contributed by atoms with van der Waals surface area (Å²) < 4.78 is 5.65. The van der Waals surface area contributed by atoms with Crippen LogP contribution in [-0.4, -0.2) is 6.61 Å². The minimum absolute atomic E-state index is 0.148. The van der Waals surface area contributed by atoms with Crippen LogP contribution in [0.1, 0.15) is 65.4 Å². The van der Waals surface area contributed by atoms with Crippen LogP contribution in [0.15, 0.2) is 24.3 Å². The van der Waals surface area contributed by atoms with E-state index in [1.807, 2.05) is 0 Å². The monoisotopic (exact) mass is 289 g/mol. The highest BCUT2D eigenvalue weighted by Crippen LogP contribution is 2.44. The predicted octanol–water partition coefficient (Wildman–Crippen LogP) is 4.87. The molecule has 0 saturated heterocycles. The molecule has 2 heteroatoms. The van der Waals surface area contributed by atoms with Gasteiger partial charge in [-0.05, 0) is 61.1 Å². The highest BCUT2D eigenvalue weighted by molar-refractivity contribution is 5.32. The molecule has 0 spiro atoms. The van der Waals surface area contributed by atoms with Crippen molar-refractivity contribution in [3.05, 3.63) is 29.8 Å². The van der Waals surface area contributed by atoms with E-state index in [1.165, 1.54) is 18.4 Å². The highest BCUT2D eigenvalue weighted by atomic mass is 16.5. The van der Waals surface area contributed by atoms with Crippen molar-refractivity contribution in [2.24, 2.45) is 17.1 Å². The molecule has 2 nitrogen and oxygen atoms in total. The Balaban J connectivity index is 2.01. The van der Waals surface area contributed by atoms with E-state index >= 15 is 0 Å². The molecule has 0 bridgehead atoms. The van der Waals surface area contributed by atoms with Gasteiger partial charge in [0.25, 0.3) is 0 Å². The van der Waals surface area contributed by atoms with Crippen LogP contribution in [0, 0.1) is 11.3 Å². The van der Waals surface area contributed by atoms with E-state index in [0.717, 1.165) is 37.5 Å². The SMILES string of the molecule is CCCOc1ccc(C2(N)CCC(C(C)(C)C)CC2)cc1. The molecule has 2 N–H and O–H groups in total. The summed E-state index contributed by atoms with van der Waals surface area (Å²) in [6.07, 6.45) is 5.67. The molecule has 1 fully saturated rings. The van der Waals surface area contributed by atoms with Crippen LogP contribution in [0.3, 0.4) is 0 Å². The third-order valence-electron chi connectivity index (χ3n) is 5.00. The van der Waals surface area contributed by atoms with E-state index in [4.69, 9.17) is 10.5 Å². The van der Waals surface area contributed by atoms with Crippen molar-refractivity contribution in [3.63, 3.8) is 0 Å². The average Bonchev–Trinajstić information content (AvgIpc) is 2.45. The molecule has 0 unspecified atom stereocenters. The molecule has 0 atom stereocenters. The van der Waals surface area contributed by atoms with Gasteiger partial charge in [0.05, 0.1) is 6.61 Å². The lowest BCUT2D eigenvalue weighted by atomic mass is 9.66. The van der Waals surface area contributed by atoms with Gasteiger partial charge in [-0.1, -0.05) is 39.8 Å². The molecule has 1 aliphatic carbocycles. The van der Waals surface area contributed by atoms with Crippen molar-refractivity contribution in [3.8, 4) is 5.75 Å². The fourth-order valence-electron chi connectivity index (χ4n) is 3.39. The van der Waals surface area contributed by atoms with E-state index < -0.39 is 0 Å². The predicted molar refractivity (Wildman–Crippen MR) is 89.5 cm³/mol. The van der Waals surface area contributed by atoms with E-state index in [-0.39, 0.29) is 5.54 Å². The minimum Gasteiger partial charge on any atom is -0.494 e. The molecule has 118 valence electrons. The van der Waals surface area contributed by atoms with Crippen LogP contribution in [0.4, 0.5) is 0 Å². The first-order chi connectivity index (χ1) is 9.85. The molecule has 2 rings (SSSR count). The van der Waals surface area contributed by atoms with Gasteiger partial charge in [0, 0.05) is 5.54 Å². The molecule has 1 saturated carbocycles. The van der Waals surface area contributed by atoms with Gasteiger partial charge < -0.3 is 10.5 Å². The zero-order chi connectivity index (χ0) is 15.5. The molecular formula is C19H31NO. The first-order valence-electron chi connectivity index (χ1n) is 8.37. The smallest absolute Gasteiger partial charge is 0.119 e. The van der Waals surface area contributed by atoms with Crippen molar-refractivity contribution >= 4 is 0 Å². The van der Waals surface area contributed by atoms with Crippen LogP contribution in [0.25, 0.3) is 0 Å². The Bertz CT molecular complexity index is 436. The summed E-state index contributed by atoms with van der Waals surface area (Å²) in [6, 6.07) is 8.44. The van der Waals surface area contributed by atoms with E-state index in [2.05, 4.69) is 52.0 Å². The number of nitrogens with two attached hydrogens (primary N) is 1. The molecule has 0 heterocycles. The van der Waals surface area contributed by atoms with Gasteiger partial charge in [-0.15, -0.1) is 0 Å². The van der Waals surface area contributed by atoms with Gasteiger partial charge >= 0.3 is 0 Å². The van der Waals surface area contributed by atoms with Crippen molar-refractivity contribution in [2.75, 3.05) is 6.61 Å². The maximum absolute atomic E-state index is 6.70. The third kappa shape index (κ3) is 4.00. The van der Waals surface area contributed by atoms with Crippen molar-refractivity contribution in [1.29, 1.82) is 0 Å². The lowest BCUT2D eigenvalue weighted by Crippen LogP contribution is -2.42. The average molecular weight is 289 g/mol. The Morgan fingerprint density at radius 3 is 2.19 bits per heavy atom. The second-order valence-corrected chi connectivity index (χ2v) is 7.67. The Morgan fingerprint density at radius 1 is 1.14 bits per heavy atom. The van der Waals surface area contributed by atoms with E-state index in [1.54, 1.807) is 0 Å². The molecule has 0 amide bonds. The molecule has 1 aromatic carbocycles. The summed E-state index contributed by atoms with van der Waals surface area (Å²) in [5.41, 5.74) is 8.21. The minimum atomic E-state index is -0.148. The summed E-state index contributed by atoms with van der Waals surface area (Å²) in [5.74, 6) is 1.74. The lowest BCUT2D eigenvalue weighted by molar-refractivity contribution is 0.134. The number of rotatable bonds is 4. The second-order valence-electron chi connectivity index (χ2n) is 7.67. The summed E-state index contributed by atoms with van der Waals surface area (Å²) in [6.45, 7) is 9.94. The molecule has 0 aromatic heterocycles. The third-order valence-corrected chi connectivity index (χ3v) is 5.00. The zero-order valence-electron chi connectivity index (χ0n) is 14.1. The van der Waals surface area contributed by atoms with E-state index in [0.29, 0.717) is 5.41 Å². The first-order valence-corrected chi connectivity index (χ1v) is 8.37. The van der Waals surface area contributed by atoms with Gasteiger partial charge in [-0.2, -0.15) is 0 Å². The van der Waals surface area contributed by atoms with Crippen molar-refractivity contribution in [1.82, 2.24) is 0 Å². The summed E-state index contributed by atoms with van der Waals surface area (Å²) >= 11 is 0. The Labute approximate surface area is 130 Å². The Hall–Kier alpha value is -1.02. The molecule has 1 aromatic rings. The normalized spacial score (nSPS) is 26.6. The molecular weight excluding hydrogens is 258 g/mol. The summed E-state index contributed by atoms with van der Waals surface area (Å²) in [5, 5.41) is 0. The number of hydrogen-bond acceptors (Lipinski definition) is 2. The molecule has 1 aliphatic rings. The van der Waals surface area contributed by atoms with Crippen molar-refractivity contribution < 1.29 is 4.74 Å². The van der Waals surface area contributed by atoms with Crippen LogP contribution >= 0.6 is 0 Å². The molecule has 0 radical (unpaired) electrons. The first kappa shape index (κ1) is 16.4. The Kier molecular flexibility index (Phi) is 4.98. The lowest BCUT2D eigenvalue weighted by Gasteiger charge is -2.42.